The molecule has 0 aliphatic rings. The van der Waals surface area contributed by atoms with Crippen molar-refractivity contribution in [1.82, 2.24) is 0 Å². The van der Waals surface area contributed by atoms with Gasteiger partial charge in [0.25, 0.3) is 0 Å². The van der Waals surface area contributed by atoms with E-state index in [4.69, 9.17) is 9.47 Å². The van der Waals surface area contributed by atoms with E-state index in [-0.39, 0.29) is 9.79 Å². The van der Waals surface area contributed by atoms with Crippen LogP contribution in [0.1, 0.15) is 0 Å². The molecule has 4 aromatic carbocycles. The molecule has 0 aliphatic carbocycles. The maximum absolute atomic E-state index is 13.1. The van der Waals surface area contributed by atoms with Crippen molar-refractivity contribution in [2.75, 3.05) is 0 Å². The van der Waals surface area contributed by atoms with Crippen LogP contribution in [0.5, 0.6) is 23.0 Å². The Morgan fingerprint density at radius 1 is 0.448 bits per heavy atom. The fourth-order valence-corrected chi connectivity index (χ4v) is 4.13. The zero-order chi connectivity index (χ0) is 20.1. The second-order valence-electron chi connectivity index (χ2n) is 6.28. The minimum atomic E-state index is -3.73. The number of sulfone groups is 1. The molecule has 144 valence electrons. The molecule has 0 aliphatic heterocycles. The van der Waals surface area contributed by atoms with E-state index in [0.717, 1.165) is 0 Å². The third-order valence-corrected chi connectivity index (χ3v) is 5.94. The van der Waals surface area contributed by atoms with Crippen LogP contribution in [-0.2, 0) is 9.84 Å². The lowest BCUT2D eigenvalue weighted by Crippen LogP contribution is -2.02. The third-order valence-electron chi connectivity index (χ3n) is 4.19. The lowest BCUT2D eigenvalue weighted by molar-refractivity contribution is 0.480. The van der Waals surface area contributed by atoms with E-state index < -0.39 is 9.84 Å². The van der Waals surface area contributed by atoms with Crippen LogP contribution < -0.4 is 9.47 Å². The zero-order valence-corrected chi connectivity index (χ0v) is 16.3. The Morgan fingerprint density at radius 3 is 1.24 bits per heavy atom. The van der Waals surface area contributed by atoms with Crippen LogP contribution in [0.25, 0.3) is 0 Å². The van der Waals surface area contributed by atoms with Crippen LogP contribution in [0.2, 0.25) is 0 Å². The van der Waals surface area contributed by atoms with E-state index >= 15 is 0 Å². The first kappa shape index (κ1) is 18.8. The monoisotopic (exact) mass is 402 g/mol. The molecule has 0 spiro atoms. The fraction of sp³-hybridized carbons (Fsp3) is 0. The van der Waals surface area contributed by atoms with Gasteiger partial charge in [-0.15, -0.1) is 0 Å². The average molecular weight is 402 g/mol. The Labute approximate surface area is 169 Å². The first-order chi connectivity index (χ1) is 14.1. The highest BCUT2D eigenvalue weighted by atomic mass is 32.2. The van der Waals surface area contributed by atoms with Gasteiger partial charge < -0.3 is 9.47 Å². The highest BCUT2D eigenvalue weighted by molar-refractivity contribution is 7.91. The summed E-state index contributed by atoms with van der Waals surface area (Å²) in [4.78, 5) is 0.311. The topological polar surface area (TPSA) is 52.6 Å². The normalized spacial score (nSPS) is 11.0. The van der Waals surface area contributed by atoms with E-state index in [2.05, 4.69) is 0 Å². The first-order valence-electron chi connectivity index (χ1n) is 9.02. The number of para-hydroxylation sites is 2. The SMILES string of the molecule is O=S(=O)(c1cccc(Oc2ccccc2)c1)c1cccc(Oc2ccccc2)c1. The largest absolute Gasteiger partial charge is 0.457 e. The lowest BCUT2D eigenvalue weighted by atomic mass is 10.3. The van der Waals surface area contributed by atoms with Gasteiger partial charge in [0.05, 0.1) is 9.79 Å². The Bertz CT molecular complexity index is 1110. The summed E-state index contributed by atoms with van der Waals surface area (Å²) >= 11 is 0. The maximum atomic E-state index is 13.1. The van der Waals surface area contributed by atoms with Gasteiger partial charge in [-0.1, -0.05) is 48.5 Å². The molecule has 0 N–H and O–H groups in total. The van der Waals surface area contributed by atoms with Crippen LogP contribution in [0.15, 0.2) is 119 Å². The molecule has 0 bridgehead atoms. The molecule has 0 saturated heterocycles. The smallest absolute Gasteiger partial charge is 0.206 e. The van der Waals surface area contributed by atoms with Crippen LogP contribution in [-0.4, -0.2) is 8.42 Å². The van der Waals surface area contributed by atoms with Gasteiger partial charge in [-0.05, 0) is 60.7 Å². The molecule has 4 nitrogen and oxygen atoms in total. The van der Waals surface area contributed by atoms with Crippen LogP contribution in [0.4, 0.5) is 0 Å². The number of hydrogen-bond donors (Lipinski definition) is 0. The molecule has 4 rings (SSSR count). The molecule has 5 heteroatoms. The molecule has 4 aromatic rings. The molecule has 0 atom stereocenters. The van der Waals surface area contributed by atoms with Gasteiger partial charge in [0.1, 0.15) is 23.0 Å². The molecule has 29 heavy (non-hydrogen) atoms. The average Bonchev–Trinajstić information content (AvgIpc) is 2.76. The van der Waals surface area contributed by atoms with E-state index in [1.807, 2.05) is 60.7 Å². The van der Waals surface area contributed by atoms with Gasteiger partial charge in [0, 0.05) is 0 Å². The summed E-state index contributed by atoms with van der Waals surface area (Å²) in [5.41, 5.74) is 0. The Hall–Kier alpha value is -3.57. The van der Waals surface area contributed by atoms with Crippen LogP contribution in [0, 0.1) is 0 Å². The first-order valence-corrected chi connectivity index (χ1v) is 10.5. The summed E-state index contributed by atoms with van der Waals surface area (Å²) in [5.74, 6) is 2.18. The summed E-state index contributed by atoms with van der Waals surface area (Å²) in [6.45, 7) is 0. The Kier molecular flexibility index (Phi) is 5.31. The molecular weight excluding hydrogens is 384 g/mol. The lowest BCUT2D eigenvalue weighted by Gasteiger charge is -2.10. The summed E-state index contributed by atoms with van der Waals surface area (Å²) < 4.78 is 37.8. The van der Waals surface area contributed by atoms with Gasteiger partial charge in [-0.3, -0.25) is 0 Å². The number of rotatable bonds is 6. The highest BCUT2D eigenvalue weighted by Gasteiger charge is 2.19. The molecule has 0 heterocycles. The zero-order valence-electron chi connectivity index (χ0n) is 15.4. The minimum Gasteiger partial charge on any atom is -0.457 e. The predicted octanol–water partition coefficient (Wildman–Crippen LogP) is 6.10. The molecule has 0 saturated carbocycles. The van der Waals surface area contributed by atoms with E-state index in [0.29, 0.717) is 23.0 Å². The van der Waals surface area contributed by atoms with Gasteiger partial charge >= 0.3 is 0 Å². The standard InChI is InChI=1S/C24H18O4S/c25-29(26,23-15-7-13-21(17-23)27-19-9-3-1-4-10-19)24-16-8-14-22(18-24)28-20-11-5-2-6-12-20/h1-18H. The minimum absolute atomic E-state index is 0.155. The van der Waals surface area contributed by atoms with Gasteiger partial charge in [0.15, 0.2) is 0 Å². The predicted molar refractivity (Wildman–Crippen MR) is 111 cm³/mol. The van der Waals surface area contributed by atoms with Gasteiger partial charge in [-0.25, -0.2) is 8.42 Å². The van der Waals surface area contributed by atoms with Crippen molar-refractivity contribution in [3.05, 3.63) is 109 Å². The Balaban J connectivity index is 1.62. The van der Waals surface area contributed by atoms with Crippen molar-refractivity contribution in [3.63, 3.8) is 0 Å². The second-order valence-corrected chi connectivity index (χ2v) is 8.23. The van der Waals surface area contributed by atoms with Crippen molar-refractivity contribution >= 4 is 9.84 Å². The van der Waals surface area contributed by atoms with Crippen molar-refractivity contribution < 1.29 is 17.9 Å². The number of ether oxygens (including phenoxy) is 2. The summed E-state index contributed by atoms with van der Waals surface area (Å²) in [6.07, 6.45) is 0. The van der Waals surface area contributed by atoms with Crippen molar-refractivity contribution in [3.8, 4) is 23.0 Å². The van der Waals surface area contributed by atoms with Crippen molar-refractivity contribution in [2.24, 2.45) is 0 Å². The van der Waals surface area contributed by atoms with Crippen LogP contribution in [0.3, 0.4) is 0 Å². The summed E-state index contributed by atoms with van der Waals surface area (Å²) in [6, 6.07) is 31.4. The van der Waals surface area contributed by atoms with Crippen molar-refractivity contribution in [1.29, 1.82) is 0 Å². The van der Waals surface area contributed by atoms with Crippen LogP contribution >= 0.6 is 0 Å². The van der Waals surface area contributed by atoms with E-state index in [1.165, 1.54) is 12.1 Å². The fourth-order valence-electron chi connectivity index (χ4n) is 2.80. The number of benzene rings is 4. The molecule has 0 amide bonds. The van der Waals surface area contributed by atoms with Crippen molar-refractivity contribution in [2.45, 2.75) is 9.79 Å². The van der Waals surface area contributed by atoms with Gasteiger partial charge in [0.2, 0.25) is 9.84 Å². The second kappa shape index (κ2) is 8.20. The van der Waals surface area contributed by atoms with Gasteiger partial charge in [-0.2, -0.15) is 0 Å². The molecule has 0 aromatic heterocycles. The quantitative estimate of drug-likeness (QED) is 0.391. The molecule has 0 fully saturated rings. The molecule has 0 unspecified atom stereocenters. The highest BCUT2D eigenvalue weighted by Crippen LogP contribution is 2.30. The van der Waals surface area contributed by atoms with E-state index in [1.54, 1.807) is 36.4 Å². The summed E-state index contributed by atoms with van der Waals surface area (Å²) in [7, 11) is -3.73. The Morgan fingerprint density at radius 2 is 0.828 bits per heavy atom. The third kappa shape index (κ3) is 4.47. The molecule has 0 radical (unpaired) electrons. The number of hydrogen-bond acceptors (Lipinski definition) is 4. The van der Waals surface area contributed by atoms with E-state index in [9.17, 15) is 8.42 Å². The molecular formula is C24H18O4S. The summed E-state index contributed by atoms with van der Waals surface area (Å²) in [5, 5.41) is 0. The maximum Gasteiger partial charge on any atom is 0.206 e.